The van der Waals surface area contributed by atoms with Gasteiger partial charge in [0.25, 0.3) is 0 Å². The molecule has 0 bridgehead atoms. The van der Waals surface area contributed by atoms with Gasteiger partial charge in [-0.15, -0.1) is 0 Å². The van der Waals surface area contributed by atoms with Crippen LogP contribution in [0.2, 0.25) is 0 Å². The van der Waals surface area contributed by atoms with Gasteiger partial charge in [-0.25, -0.2) is 9.59 Å². The van der Waals surface area contributed by atoms with E-state index in [9.17, 15) is 22.8 Å². The van der Waals surface area contributed by atoms with Crippen LogP contribution in [0.3, 0.4) is 0 Å². The van der Waals surface area contributed by atoms with Gasteiger partial charge < -0.3 is 20.8 Å². The molecular weight excluding hydrogens is 407 g/mol. The fourth-order valence-corrected chi connectivity index (χ4v) is 2.28. The number of alkyl halides is 3. The number of nitrogens with one attached hydrogen (secondary N) is 1. The number of amides is 2. The Morgan fingerprint density at radius 2 is 1.50 bits per heavy atom. The van der Waals surface area contributed by atoms with Gasteiger partial charge in [0, 0.05) is 31.4 Å². The lowest BCUT2D eigenvalue weighted by atomic mass is 10.1. The number of benzene rings is 2. The average molecular weight is 427 g/mol. The van der Waals surface area contributed by atoms with Crippen LogP contribution in [-0.2, 0) is 22.7 Å². The number of hydrogen-bond acceptors (Lipinski definition) is 4. The number of carboxylic acids is 1. The number of nitrogens with zero attached hydrogens (tertiary/aromatic N) is 1. The Morgan fingerprint density at radius 3 is 1.93 bits per heavy atom. The summed E-state index contributed by atoms with van der Waals surface area (Å²) >= 11 is 0. The van der Waals surface area contributed by atoms with Gasteiger partial charge in [0.15, 0.2) is 0 Å². The predicted octanol–water partition coefficient (Wildman–Crippen LogP) is 3.54. The van der Waals surface area contributed by atoms with Crippen LogP contribution in [0.5, 0.6) is 0 Å². The van der Waals surface area contributed by atoms with Crippen LogP contribution >= 0.6 is 0 Å². The molecule has 0 atom stereocenters. The lowest BCUT2D eigenvalue weighted by molar-refractivity contribution is -0.192. The van der Waals surface area contributed by atoms with Crippen LogP contribution in [0.25, 0.3) is 0 Å². The smallest absolute Gasteiger partial charge is 0.475 e. The minimum atomic E-state index is -5.08. The minimum Gasteiger partial charge on any atom is -0.475 e. The predicted molar refractivity (Wildman–Crippen MR) is 103 cm³/mol. The highest BCUT2D eigenvalue weighted by atomic mass is 19.4. The highest BCUT2D eigenvalue weighted by Crippen LogP contribution is 2.16. The fourth-order valence-electron chi connectivity index (χ4n) is 2.28. The van der Waals surface area contributed by atoms with Crippen LogP contribution in [0, 0.1) is 0 Å². The van der Waals surface area contributed by atoms with Gasteiger partial charge >= 0.3 is 18.2 Å². The number of hydrogen-bond donors (Lipinski definition) is 4. The van der Waals surface area contributed by atoms with Crippen molar-refractivity contribution in [2.24, 2.45) is 0 Å². The third kappa shape index (κ3) is 8.95. The van der Waals surface area contributed by atoms with Gasteiger partial charge in [-0.3, -0.25) is 10.1 Å². The molecule has 0 radical (unpaired) electrons. The molecule has 0 aliphatic rings. The molecule has 162 valence electrons. The number of aliphatic carboxylic acids is 1. The number of halogens is 3. The molecular formula is C19H20F3N3O5. The number of carbonyl (C=O) groups excluding carboxylic acids is 1. The zero-order valence-corrected chi connectivity index (χ0v) is 15.8. The number of nitrogen functional groups attached to an aromatic ring is 1. The molecule has 0 heterocycles. The van der Waals surface area contributed by atoms with E-state index in [0.29, 0.717) is 24.5 Å². The van der Waals surface area contributed by atoms with Gasteiger partial charge in [-0.05, 0) is 35.4 Å². The van der Waals surface area contributed by atoms with Crippen LogP contribution in [0.4, 0.5) is 29.3 Å². The molecule has 2 aromatic rings. The summed E-state index contributed by atoms with van der Waals surface area (Å²) in [6.45, 7) is 2.34. The van der Waals surface area contributed by atoms with Crippen LogP contribution in [0.15, 0.2) is 48.5 Å². The summed E-state index contributed by atoms with van der Waals surface area (Å²) in [5.41, 5.74) is 8.68. The average Bonchev–Trinajstić information content (AvgIpc) is 2.60. The van der Waals surface area contributed by atoms with E-state index in [4.69, 9.17) is 20.7 Å². The van der Waals surface area contributed by atoms with Gasteiger partial charge in [-0.2, -0.15) is 13.2 Å². The molecule has 2 amide bonds. The van der Waals surface area contributed by atoms with Crippen molar-refractivity contribution in [2.75, 3.05) is 11.1 Å². The molecule has 2 aromatic carbocycles. The summed E-state index contributed by atoms with van der Waals surface area (Å²) in [6, 6.07) is 14.4. The Balaban J connectivity index is 0.000000553. The minimum absolute atomic E-state index is 0.0657. The second-order valence-electron chi connectivity index (χ2n) is 6.05. The van der Waals surface area contributed by atoms with Gasteiger partial charge in [0.1, 0.15) is 0 Å². The van der Waals surface area contributed by atoms with E-state index < -0.39 is 18.2 Å². The van der Waals surface area contributed by atoms with Gasteiger partial charge in [-0.1, -0.05) is 24.3 Å². The molecule has 0 saturated carbocycles. The third-order valence-corrected chi connectivity index (χ3v) is 3.56. The summed E-state index contributed by atoms with van der Waals surface area (Å²) < 4.78 is 31.7. The zero-order valence-electron chi connectivity index (χ0n) is 15.8. The Morgan fingerprint density at radius 1 is 1.00 bits per heavy atom. The number of rotatable bonds is 5. The van der Waals surface area contributed by atoms with Crippen molar-refractivity contribution >= 4 is 29.3 Å². The summed E-state index contributed by atoms with van der Waals surface area (Å²) in [5, 5.41) is 18.2. The first-order valence-corrected chi connectivity index (χ1v) is 8.37. The van der Waals surface area contributed by atoms with E-state index in [1.54, 1.807) is 29.2 Å². The summed E-state index contributed by atoms with van der Waals surface area (Å²) in [4.78, 5) is 33.2. The monoisotopic (exact) mass is 427 g/mol. The van der Waals surface area contributed by atoms with Crippen molar-refractivity contribution in [3.63, 3.8) is 0 Å². The standard InChI is InChI=1S/C17H19N3O3.C2HF3O2/c1-12(21)20(10-13-4-2-6-15(18)8-13)11-14-5-3-7-16(9-14)19-17(22)23;3-2(4,5)1(6)7/h2-9,19H,10-11,18H2,1H3,(H,22,23);(H,6,7). The van der Waals surface area contributed by atoms with E-state index in [1.807, 2.05) is 24.3 Å². The molecule has 0 saturated heterocycles. The summed E-state index contributed by atoms with van der Waals surface area (Å²) in [7, 11) is 0. The molecule has 0 fully saturated rings. The number of carbonyl (C=O) groups is 3. The second-order valence-corrected chi connectivity index (χ2v) is 6.05. The van der Waals surface area contributed by atoms with E-state index in [1.165, 1.54) is 6.92 Å². The molecule has 5 N–H and O–H groups in total. The SMILES string of the molecule is CC(=O)N(Cc1cccc(N)c1)Cc1cccc(NC(=O)O)c1.O=C(O)C(F)(F)F. The first-order valence-electron chi connectivity index (χ1n) is 8.37. The maximum absolute atomic E-state index is 11.9. The maximum atomic E-state index is 11.9. The molecule has 11 heteroatoms. The highest BCUT2D eigenvalue weighted by Gasteiger charge is 2.38. The lowest BCUT2D eigenvalue weighted by Crippen LogP contribution is -2.27. The van der Waals surface area contributed by atoms with Crippen LogP contribution in [0.1, 0.15) is 18.1 Å². The summed E-state index contributed by atoms with van der Waals surface area (Å²) in [5.74, 6) is -2.82. The van der Waals surface area contributed by atoms with Crippen molar-refractivity contribution in [1.82, 2.24) is 4.90 Å². The number of anilines is 2. The van der Waals surface area contributed by atoms with Crippen molar-refractivity contribution in [3.05, 3.63) is 59.7 Å². The molecule has 0 aliphatic carbocycles. The van der Waals surface area contributed by atoms with Crippen LogP contribution < -0.4 is 11.1 Å². The second kappa shape index (κ2) is 10.7. The largest absolute Gasteiger partial charge is 0.490 e. The molecule has 0 spiro atoms. The van der Waals surface area contributed by atoms with Crippen molar-refractivity contribution in [3.8, 4) is 0 Å². The first kappa shape index (κ1) is 24.3. The van der Waals surface area contributed by atoms with E-state index >= 15 is 0 Å². The molecule has 0 aliphatic heterocycles. The van der Waals surface area contributed by atoms with Crippen molar-refractivity contribution in [2.45, 2.75) is 26.2 Å². The molecule has 0 aromatic heterocycles. The Bertz CT molecular complexity index is 903. The highest BCUT2D eigenvalue weighted by molar-refractivity contribution is 5.82. The number of nitrogens with two attached hydrogens (primary N) is 1. The van der Waals surface area contributed by atoms with Crippen molar-refractivity contribution in [1.29, 1.82) is 0 Å². The van der Waals surface area contributed by atoms with E-state index in [2.05, 4.69) is 5.32 Å². The molecule has 2 rings (SSSR count). The third-order valence-electron chi connectivity index (χ3n) is 3.56. The number of carboxylic acid groups (broad SMARTS) is 2. The van der Waals surface area contributed by atoms with Gasteiger partial charge in [0.05, 0.1) is 0 Å². The Kier molecular flexibility index (Phi) is 8.65. The topological polar surface area (TPSA) is 133 Å². The lowest BCUT2D eigenvalue weighted by Gasteiger charge is -2.22. The zero-order chi connectivity index (χ0) is 22.9. The van der Waals surface area contributed by atoms with Crippen LogP contribution in [-0.4, -0.2) is 39.3 Å². The van der Waals surface area contributed by atoms with Crippen molar-refractivity contribution < 1.29 is 37.8 Å². The first-order chi connectivity index (χ1) is 13.9. The summed E-state index contributed by atoms with van der Waals surface area (Å²) in [6.07, 6.45) is -6.20. The van der Waals surface area contributed by atoms with Gasteiger partial charge in [0.2, 0.25) is 5.91 Å². The maximum Gasteiger partial charge on any atom is 0.490 e. The molecule has 30 heavy (non-hydrogen) atoms. The normalized spacial score (nSPS) is 10.4. The Labute approximate surface area is 169 Å². The van der Waals surface area contributed by atoms with E-state index in [0.717, 1.165) is 11.1 Å². The Hall–Kier alpha value is -3.76. The quantitative estimate of drug-likeness (QED) is 0.540. The van der Waals surface area contributed by atoms with E-state index in [-0.39, 0.29) is 5.91 Å². The fraction of sp³-hybridized carbons (Fsp3) is 0.211. The molecule has 8 nitrogen and oxygen atoms in total. The molecule has 0 unspecified atom stereocenters.